The van der Waals surface area contributed by atoms with Gasteiger partial charge in [0.15, 0.2) is 0 Å². The molecule has 0 amide bonds. The Bertz CT molecular complexity index is 1050. The van der Waals surface area contributed by atoms with E-state index < -0.39 is 6.10 Å². The summed E-state index contributed by atoms with van der Waals surface area (Å²) < 4.78 is 20.1. The molecule has 1 fully saturated rings. The number of rotatable bonds is 15. The highest BCUT2D eigenvalue weighted by atomic mass is 16.5. The van der Waals surface area contributed by atoms with Crippen LogP contribution in [0, 0.1) is 0 Å². The standard InChI is InChI=1S/C30H41N3O4/c1-3-5-18-35-23-25(34)20-32(21-27-17-12-19-36-27)22-28-29(4-2)31-33(24-13-8-6-9-14-24)30(28)37-26-15-10-7-11-16-26/h6-11,13-16,25,27,34H,3-5,12,17-23H2,1-2H3/t25-,27+/m1/s1. The van der Waals surface area contributed by atoms with Gasteiger partial charge in [0.25, 0.3) is 0 Å². The van der Waals surface area contributed by atoms with Crippen molar-refractivity contribution in [3.63, 3.8) is 0 Å². The Hall–Kier alpha value is -2.71. The molecule has 0 radical (unpaired) electrons. The van der Waals surface area contributed by atoms with E-state index in [4.69, 9.17) is 19.3 Å². The van der Waals surface area contributed by atoms with Crippen molar-refractivity contribution in [2.45, 2.75) is 64.7 Å². The van der Waals surface area contributed by atoms with Gasteiger partial charge in [0.05, 0.1) is 35.8 Å². The average Bonchev–Trinajstić information content (AvgIpc) is 3.56. The van der Waals surface area contributed by atoms with Crippen LogP contribution in [0.4, 0.5) is 0 Å². The monoisotopic (exact) mass is 507 g/mol. The van der Waals surface area contributed by atoms with Gasteiger partial charge >= 0.3 is 0 Å². The van der Waals surface area contributed by atoms with Gasteiger partial charge in [-0.25, -0.2) is 4.68 Å². The maximum absolute atomic E-state index is 10.8. The molecular formula is C30H41N3O4. The van der Waals surface area contributed by atoms with Crippen LogP contribution >= 0.6 is 0 Å². The van der Waals surface area contributed by atoms with E-state index >= 15 is 0 Å². The number of aromatic nitrogens is 2. The number of aliphatic hydroxyl groups is 1. The van der Waals surface area contributed by atoms with Gasteiger partial charge in [-0.05, 0) is 49.9 Å². The van der Waals surface area contributed by atoms with Crippen LogP contribution < -0.4 is 4.74 Å². The number of hydrogen-bond donors (Lipinski definition) is 1. The predicted molar refractivity (Wildman–Crippen MR) is 145 cm³/mol. The summed E-state index contributed by atoms with van der Waals surface area (Å²) in [6, 6.07) is 19.9. The van der Waals surface area contributed by atoms with Gasteiger partial charge in [0, 0.05) is 32.8 Å². The number of para-hydroxylation sites is 2. The molecule has 1 saturated heterocycles. The van der Waals surface area contributed by atoms with E-state index in [1.54, 1.807) is 0 Å². The molecule has 1 aliphatic heterocycles. The van der Waals surface area contributed by atoms with Crippen LogP contribution in [0.25, 0.3) is 5.69 Å². The summed E-state index contributed by atoms with van der Waals surface area (Å²) >= 11 is 0. The number of nitrogens with zero attached hydrogens (tertiary/aromatic N) is 3. The molecule has 3 aromatic rings. The minimum Gasteiger partial charge on any atom is -0.439 e. The van der Waals surface area contributed by atoms with Crippen molar-refractivity contribution in [2.75, 3.05) is 32.9 Å². The van der Waals surface area contributed by atoms with Gasteiger partial charge in [-0.1, -0.05) is 56.7 Å². The van der Waals surface area contributed by atoms with Crippen LogP contribution in [-0.2, 0) is 22.4 Å². The van der Waals surface area contributed by atoms with Crippen molar-refractivity contribution in [3.8, 4) is 17.3 Å². The highest BCUT2D eigenvalue weighted by Gasteiger charge is 2.26. The molecule has 2 atom stereocenters. The smallest absolute Gasteiger partial charge is 0.227 e. The number of unbranched alkanes of at least 4 members (excludes halogenated alkanes) is 1. The lowest BCUT2D eigenvalue weighted by Crippen LogP contribution is -2.39. The van der Waals surface area contributed by atoms with Crippen LogP contribution in [0.1, 0.15) is 50.8 Å². The lowest BCUT2D eigenvalue weighted by molar-refractivity contribution is 0.00135. The fourth-order valence-electron chi connectivity index (χ4n) is 4.69. The Labute approximate surface area is 221 Å². The zero-order valence-electron chi connectivity index (χ0n) is 22.2. The summed E-state index contributed by atoms with van der Waals surface area (Å²) in [6.45, 7) is 7.91. The van der Waals surface area contributed by atoms with Gasteiger partial charge in [-0.3, -0.25) is 4.90 Å². The Morgan fingerprint density at radius 1 is 1.11 bits per heavy atom. The zero-order valence-corrected chi connectivity index (χ0v) is 22.2. The minimum absolute atomic E-state index is 0.168. The third-order valence-corrected chi connectivity index (χ3v) is 6.60. The third-order valence-electron chi connectivity index (χ3n) is 6.60. The van der Waals surface area contributed by atoms with E-state index in [2.05, 4.69) is 18.7 Å². The molecule has 0 bridgehead atoms. The quantitative estimate of drug-likeness (QED) is 0.278. The fourth-order valence-corrected chi connectivity index (χ4v) is 4.69. The van der Waals surface area contributed by atoms with Gasteiger partial charge in [0.2, 0.25) is 5.88 Å². The van der Waals surface area contributed by atoms with Crippen LogP contribution in [-0.4, -0.2) is 64.9 Å². The summed E-state index contributed by atoms with van der Waals surface area (Å²) in [4.78, 5) is 2.27. The van der Waals surface area contributed by atoms with E-state index in [0.717, 1.165) is 68.0 Å². The minimum atomic E-state index is -0.578. The molecule has 0 unspecified atom stereocenters. The lowest BCUT2D eigenvalue weighted by atomic mass is 10.1. The van der Waals surface area contributed by atoms with Crippen molar-refractivity contribution >= 4 is 0 Å². The van der Waals surface area contributed by atoms with Gasteiger partial charge in [-0.2, -0.15) is 5.10 Å². The first-order valence-electron chi connectivity index (χ1n) is 13.7. The summed E-state index contributed by atoms with van der Waals surface area (Å²) in [7, 11) is 0. The molecule has 4 rings (SSSR count). The Morgan fingerprint density at radius 2 is 1.86 bits per heavy atom. The Kier molecular flexibility index (Phi) is 10.6. The third kappa shape index (κ3) is 7.89. The second-order valence-electron chi connectivity index (χ2n) is 9.66. The van der Waals surface area contributed by atoms with Crippen LogP contribution in [0.5, 0.6) is 11.6 Å². The summed E-state index contributed by atoms with van der Waals surface area (Å²) in [5.41, 5.74) is 2.97. The Balaban J connectivity index is 1.62. The van der Waals surface area contributed by atoms with Crippen molar-refractivity contribution < 1.29 is 19.3 Å². The molecule has 2 heterocycles. The number of ether oxygens (including phenoxy) is 3. The number of aliphatic hydroxyl groups excluding tert-OH is 1. The number of benzene rings is 2. The molecule has 2 aromatic carbocycles. The summed E-state index contributed by atoms with van der Waals surface area (Å²) in [5.74, 6) is 1.47. The second kappa shape index (κ2) is 14.3. The first-order chi connectivity index (χ1) is 18.2. The van der Waals surface area contributed by atoms with Crippen molar-refractivity contribution in [2.24, 2.45) is 0 Å². The SMILES string of the molecule is CCCCOC[C@H](O)CN(Cc1c(CC)nn(-c2ccccc2)c1Oc1ccccc1)C[C@@H]1CCCO1. The molecule has 1 aromatic heterocycles. The molecular weight excluding hydrogens is 466 g/mol. The van der Waals surface area contributed by atoms with Crippen LogP contribution in [0.3, 0.4) is 0 Å². The lowest BCUT2D eigenvalue weighted by Gasteiger charge is -2.27. The number of hydrogen-bond acceptors (Lipinski definition) is 6. The first kappa shape index (κ1) is 27.3. The van der Waals surface area contributed by atoms with E-state index in [-0.39, 0.29) is 6.10 Å². The van der Waals surface area contributed by atoms with Gasteiger partial charge < -0.3 is 19.3 Å². The van der Waals surface area contributed by atoms with E-state index in [9.17, 15) is 5.11 Å². The highest BCUT2D eigenvalue weighted by molar-refractivity contribution is 5.43. The maximum atomic E-state index is 10.8. The second-order valence-corrected chi connectivity index (χ2v) is 9.66. The van der Waals surface area contributed by atoms with Crippen molar-refractivity contribution in [1.82, 2.24) is 14.7 Å². The molecule has 0 spiro atoms. The average molecular weight is 508 g/mol. The zero-order chi connectivity index (χ0) is 25.9. The molecule has 0 aliphatic carbocycles. The Morgan fingerprint density at radius 3 is 2.54 bits per heavy atom. The van der Waals surface area contributed by atoms with E-state index in [1.807, 2.05) is 65.3 Å². The van der Waals surface area contributed by atoms with E-state index in [0.29, 0.717) is 32.2 Å². The highest BCUT2D eigenvalue weighted by Crippen LogP contribution is 2.32. The maximum Gasteiger partial charge on any atom is 0.227 e. The molecule has 200 valence electrons. The van der Waals surface area contributed by atoms with E-state index in [1.165, 1.54) is 0 Å². The van der Waals surface area contributed by atoms with Gasteiger partial charge in [-0.15, -0.1) is 0 Å². The predicted octanol–water partition coefficient (Wildman–Crippen LogP) is 5.39. The van der Waals surface area contributed by atoms with Crippen molar-refractivity contribution in [1.29, 1.82) is 0 Å². The molecule has 37 heavy (non-hydrogen) atoms. The molecule has 1 N–H and O–H groups in total. The molecule has 7 nitrogen and oxygen atoms in total. The van der Waals surface area contributed by atoms with Crippen molar-refractivity contribution in [3.05, 3.63) is 71.9 Å². The largest absolute Gasteiger partial charge is 0.439 e. The number of aryl methyl sites for hydroxylation is 1. The molecule has 0 saturated carbocycles. The topological polar surface area (TPSA) is 69.0 Å². The summed E-state index contributed by atoms with van der Waals surface area (Å²) in [5, 5.41) is 15.8. The normalized spacial score (nSPS) is 16.4. The fraction of sp³-hybridized carbons (Fsp3) is 0.500. The van der Waals surface area contributed by atoms with Gasteiger partial charge in [0.1, 0.15) is 5.75 Å². The van der Waals surface area contributed by atoms with Crippen LogP contribution in [0.2, 0.25) is 0 Å². The summed E-state index contributed by atoms with van der Waals surface area (Å²) in [6.07, 6.45) is 4.57. The molecule has 7 heteroatoms. The molecule has 1 aliphatic rings. The van der Waals surface area contributed by atoms with Crippen LogP contribution in [0.15, 0.2) is 60.7 Å². The first-order valence-corrected chi connectivity index (χ1v) is 13.7.